The summed E-state index contributed by atoms with van der Waals surface area (Å²) in [5, 5.41) is 0. The van der Waals surface area contributed by atoms with Crippen LogP contribution in [-0.2, 0) is 18.9 Å². The molecule has 0 aromatic heterocycles. The number of hydrogen-bond donors (Lipinski definition) is 1. The largest absolute Gasteiger partial charge is 0.348 e. The van der Waals surface area contributed by atoms with Gasteiger partial charge < -0.3 is 24.7 Å². The molecule has 2 N–H and O–H groups in total. The van der Waals surface area contributed by atoms with E-state index in [1.54, 1.807) is 0 Å². The first-order chi connectivity index (χ1) is 8.63. The molecule has 3 fully saturated rings. The molecule has 110 valence electrons. The Hall–Kier alpha value is -0.200. The van der Waals surface area contributed by atoms with Crippen molar-refractivity contribution in [1.82, 2.24) is 0 Å². The maximum absolute atomic E-state index is 6.44. The van der Waals surface area contributed by atoms with Crippen molar-refractivity contribution in [2.45, 2.75) is 76.5 Å². The zero-order valence-corrected chi connectivity index (χ0v) is 12.4. The van der Waals surface area contributed by atoms with Crippen molar-refractivity contribution < 1.29 is 18.9 Å². The van der Waals surface area contributed by atoms with Crippen molar-refractivity contribution in [2.24, 2.45) is 11.7 Å². The van der Waals surface area contributed by atoms with E-state index < -0.39 is 11.6 Å². The summed E-state index contributed by atoms with van der Waals surface area (Å²) in [6, 6.07) is 0. The molecule has 1 unspecified atom stereocenters. The molecule has 3 rings (SSSR count). The van der Waals surface area contributed by atoms with Gasteiger partial charge in [0.1, 0.15) is 18.3 Å². The molecule has 2 saturated heterocycles. The van der Waals surface area contributed by atoms with Crippen LogP contribution in [0.15, 0.2) is 0 Å². The number of rotatable bonds is 2. The van der Waals surface area contributed by atoms with Crippen LogP contribution in [0.3, 0.4) is 0 Å². The van der Waals surface area contributed by atoms with Crippen molar-refractivity contribution in [1.29, 1.82) is 0 Å². The molecule has 1 saturated carbocycles. The van der Waals surface area contributed by atoms with Crippen LogP contribution in [0.1, 0.15) is 41.0 Å². The maximum atomic E-state index is 6.44. The van der Waals surface area contributed by atoms with Crippen molar-refractivity contribution >= 4 is 0 Å². The Kier molecular flexibility index (Phi) is 2.84. The molecule has 5 heteroatoms. The Morgan fingerprint density at radius 2 is 1.63 bits per heavy atom. The molecular formula is C14H25NO4. The van der Waals surface area contributed by atoms with Crippen LogP contribution in [0, 0.1) is 5.92 Å². The average molecular weight is 271 g/mol. The van der Waals surface area contributed by atoms with Gasteiger partial charge in [0, 0.05) is 5.54 Å². The Bertz CT molecular complexity index is 384. The SMILES string of the molecule is CC1C[C@@]1(N)[C@@H]1OC(C)(C)O[C@H]1[C@H]1COC(C)(C)O1. The second kappa shape index (κ2) is 3.92. The topological polar surface area (TPSA) is 62.9 Å². The quantitative estimate of drug-likeness (QED) is 0.822. The molecule has 5 atom stereocenters. The van der Waals surface area contributed by atoms with E-state index in [1.165, 1.54) is 0 Å². The standard InChI is InChI=1S/C14H25NO4/c1-8-6-14(8,15)11-10(18-13(4,5)19-11)9-7-16-12(2,3)17-9/h8-11H,6-7,15H2,1-5H3/t8?,9-,10+,11-,14+/m1/s1. The van der Waals surface area contributed by atoms with Crippen molar-refractivity contribution in [2.75, 3.05) is 6.61 Å². The molecule has 1 aliphatic carbocycles. The minimum atomic E-state index is -0.611. The molecule has 19 heavy (non-hydrogen) atoms. The Morgan fingerprint density at radius 1 is 1.00 bits per heavy atom. The summed E-state index contributed by atoms with van der Waals surface area (Å²) in [6.45, 7) is 10.4. The van der Waals surface area contributed by atoms with Gasteiger partial charge in [0.05, 0.1) is 6.61 Å². The van der Waals surface area contributed by atoms with Crippen molar-refractivity contribution in [3.8, 4) is 0 Å². The lowest BCUT2D eigenvalue weighted by molar-refractivity contribution is -0.175. The second-order valence-corrected chi connectivity index (χ2v) is 7.11. The Balaban J connectivity index is 1.79. The van der Waals surface area contributed by atoms with E-state index in [2.05, 4.69) is 6.92 Å². The van der Waals surface area contributed by atoms with Gasteiger partial charge in [-0.3, -0.25) is 0 Å². The fraction of sp³-hybridized carbons (Fsp3) is 1.00. The van der Waals surface area contributed by atoms with Crippen LogP contribution < -0.4 is 5.73 Å². The van der Waals surface area contributed by atoms with Crippen LogP contribution in [0.4, 0.5) is 0 Å². The van der Waals surface area contributed by atoms with Gasteiger partial charge in [0.15, 0.2) is 11.6 Å². The van der Waals surface area contributed by atoms with Gasteiger partial charge in [-0.25, -0.2) is 0 Å². The van der Waals surface area contributed by atoms with Gasteiger partial charge in [-0.1, -0.05) is 6.92 Å². The first kappa shape index (κ1) is 13.8. The summed E-state index contributed by atoms with van der Waals surface area (Å²) in [6.07, 6.45) is 0.576. The van der Waals surface area contributed by atoms with Crippen LogP contribution in [0.5, 0.6) is 0 Å². The third-order valence-electron chi connectivity index (χ3n) is 4.47. The van der Waals surface area contributed by atoms with Gasteiger partial charge in [0.25, 0.3) is 0 Å². The Morgan fingerprint density at radius 3 is 2.11 bits per heavy atom. The van der Waals surface area contributed by atoms with Gasteiger partial charge in [0.2, 0.25) is 0 Å². The first-order valence-corrected chi connectivity index (χ1v) is 7.09. The lowest BCUT2D eigenvalue weighted by atomic mass is 9.98. The minimum absolute atomic E-state index is 0.116. The van der Waals surface area contributed by atoms with Gasteiger partial charge >= 0.3 is 0 Å². The molecule has 0 amide bonds. The smallest absolute Gasteiger partial charge is 0.163 e. The van der Waals surface area contributed by atoms with E-state index in [-0.39, 0.29) is 23.9 Å². The van der Waals surface area contributed by atoms with E-state index in [4.69, 9.17) is 24.7 Å². The molecule has 5 nitrogen and oxygen atoms in total. The summed E-state index contributed by atoms with van der Waals surface area (Å²) < 4.78 is 23.7. The van der Waals surface area contributed by atoms with Gasteiger partial charge in [-0.2, -0.15) is 0 Å². The van der Waals surface area contributed by atoms with Gasteiger partial charge in [-0.15, -0.1) is 0 Å². The predicted molar refractivity (Wildman–Crippen MR) is 69.4 cm³/mol. The normalized spacial score (nSPS) is 51.5. The summed E-state index contributed by atoms with van der Waals surface area (Å²) in [5.74, 6) is -0.699. The second-order valence-electron chi connectivity index (χ2n) is 7.11. The Labute approximate surface area is 114 Å². The summed E-state index contributed by atoms with van der Waals surface area (Å²) >= 11 is 0. The van der Waals surface area contributed by atoms with E-state index in [0.717, 1.165) is 6.42 Å². The van der Waals surface area contributed by atoms with Crippen LogP contribution >= 0.6 is 0 Å². The maximum Gasteiger partial charge on any atom is 0.163 e. The van der Waals surface area contributed by atoms with E-state index in [1.807, 2.05) is 27.7 Å². The third-order valence-corrected chi connectivity index (χ3v) is 4.47. The van der Waals surface area contributed by atoms with Crippen molar-refractivity contribution in [3.05, 3.63) is 0 Å². The molecule has 0 spiro atoms. The fourth-order valence-corrected chi connectivity index (χ4v) is 3.22. The summed E-state index contributed by atoms with van der Waals surface area (Å²) in [7, 11) is 0. The monoisotopic (exact) mass is 271 g/mol. The summed E-state index contributed by atoms with van der Waals surface area (Å²) in [4.78, 5) is 0. The highest BCUT2D eigenvalue weighted by Crippen LogP contribution is 2.51. The minimum Gasteiger partial charge on any atom is -0.348 e. The van der Waals surface area contributed by atoms with Crippen LogP contribution in [0.25, 0.3) is 0 Å². The highest BCUT2D eigenvalue weighted by Gasteiger charge is 2.63. The highest BCUT2D eigenvalue weighted by atomic mass is 16.8. The number of ether oxygens (including phenoxy) is 4. The number of hydrogen-bond acceptors (Lipinski definition) is 5. The molecule has 0 aromatic carbocycles. The van der Waals surface area contributed by atoms with Crippen molar-refractivity contribution in [3.63, 3.8) is 0 Å². The fourth-order valence-electron chi connectivity index (χ4n) is 3.22. The highest BCUT2D eigenvalue weighted by molar-refractivity contribution is 5.16. The van der Waals surface area contributed by atoms with E-state index >= 15 is 0 Å². The average Bonchev–Trinajstić information content (AvgIpc) is 2.62. The van der Waals surface area contributed by atoms with Crippen LogP contribution in [0.2, 0.25) is 0 Å². The predicted octanol–water partition coefficient (Wildman–Crippen LogP) is 1.40. The molecule has 0 radical (unpaired) electrons. The van der Waals surface area contributed by atoms with E-state index in [0.29, 0.717) is 12.5 Å². The van der Waals surface area contributed by atoms with Gasteiger partial charge in [-0.05, 0) is 40.0 Å². The van der Waals surface area contributed by atoms with Crippen LogP contribution in [-0.4, -0.2) is 42.0 Å². The molecule has 2 heterocycles. The molecule has 0 aromatic rings. The molecule has 2 aliphatic heterocycles. The lowest BCUT2D eigenvalue weighted by Crippen LogP contribution is -2.50. The molecule has 3 aliphatic rings. The number of nitrogens with two attached hydrogens (primary N) is 1. The zero-order chi connectivity index (χ0) is 14.1. The summed E-state index contributed by atoms with van der Waals surface area (Å²) in [5.41, 5.74) is 6.16. The van der Waals surface area contributed by atoms with E-state index in [9.17, 15) is 0 Å². The molecule has 0 bridgehead atoms. The lowest BCUT2D eigenvalue weighted by Gasteiger charge is -2.27. The zero-order valence-electron chi connectivity index (χ0n) is 12.4. The third kappa shape index (κ3) is 2.32. The first-order valence-electron chi connectivity index (χ1n) is 7.09. The molecular weight excluding hydrogens is 246 g/mol.